The van der Waals surface area contributed by atoms with E-state index in [-0.39, 0.29) is 0 Å². The van der Waals surface area contributed by atoms with Crippen molar-refractivity contribution >= 4 is 26.7 Å². The van der Waals surface area contributed by atoms with E-state index in [9.17, 15) is 8.42 Å². The Morgan fingerprint density at radius 2 is 1.52 bits per heavy atom. The highest BCUT2D eigenvalue weighted by atomic mass is 32.2. The number of fused-ring (bicyclic) bond motifs is 1. The van der Waals surface area contributed by atoms with Crippen LogP contribution < -0.4 is 4.90 Å². The van der Waals surface area contributed by atoms with Crippen LogP contribution in [0.5, 0.6) is 0 Å². The van der Waals surface area contributed by atoms with Crippen molar-refractivity contribution in [3.63, 3.8) is 0 Å². The van der Waals surface area contributed by atoms with Gasteiger partial charge < -0.3 is 4.90 Å². The zero-order valence-electron chi connectivity index (χ0n) is 15.2. The van der Waals surface area contributed by atoms with Gasteiger partial charge in [0.2, 0.25) is 0 Å². The monoisotopic (exact) mass is 381 g/mol. The lowest BCUT2D eigenvalue weighted by Crippen LogP contribution is -2.31. The number of hydrogen-bond acceptors (Lipinski definition) is 4. The predicted octanol–water partition coefficient (Wildman–Crippen LogP) is 3.89. The first-order valence-electron chi connectivity index (χ1n) is 9.67. The Balaban J connectivity index is 1.67. The zero-order valence-corrected chi connectivity index (χ0v) is 16.0. The average Bonchev–Trinajstić information content (AvgIpc) is 3.45. The van der Waals surface area contributed by atoms with Crippen LogP contribution in [-0.2, 0) is 14.8 Å². The molecule has 6 heteroatoms. The molecule has 0 spiro atoms. The van der Waals surface area contributed by atoms with E-state index in [0.717, 1.165) is 42.7 Å². The molecule has 1 aliphatic carbocycles. The summed E-state index contributed by atoms with van der Waals surface area (Å²) in [6.07, 6.45) is 4.77. The second-order valence-electron chi connectivity index (χ2n) is 7.60. The van der Waals surface area contributed by atoms with Gasteiger partial charge in [-0.25, -0.2) is 8.42 Å². The maximum absolute atomic E-state index is 13.7. The highest BCUT2D eigenvalue weighted by Gasteiger charge is 2.57. The Morgan fingerprint density at radius 1 is 0.852 bits per heavy atom. The number of aromatic nitrogens is 2. The molecule has 2 aromatic carbocycles. The van der Waals surface area contributed by atoms with Gasteiger partial charge in [-0.1, -0.05) is 42.5 Å². The molecule has 2 aliphatic rings. The van der Waals surface area contributed by atoms with Gasteiger partial charge in [0.15, 0.2) is 5.82 Å². The van der Waals surface area contributed by atoms with Crippen molar-refractivity contribution in [3.05, 3.63) is 60.2 Å². The Kier molecular flexibility index (Phi) is 3.79. The predicted molar refractivity (Wildman–Crippen MR) is 107 cm³/mol. The average molecular weight is 382 g/mol. The zero-order chi connectivity index (χ0) is 18.5. The van der Waals surface area contributed by atoms with Crippen molar-refractivity contribution in [1.82, 2.24) is 9.19 Å². The third-order valence-electron chi connectivity index (χ3n) is 5.92. The smallest absolute Gasteiger partial charge is 0.264 e. The number of nitrogens with zero attached hydrogens (tertiary/aromatic N) is 3. The van der Waals surface area contributed by atoms with Gasteiger partial charge in [-0.05, 0) is 49.8 Å². The first-order chi connectivity index (χ1) is 13.1. The number of hydrogen-bond donors (Lipinski definition) is 0. The van der Waals surface area contributed by atoms with E-state index in [1.54, 1.807) is 0 Å². The Hall–Kier alpha value is -2.34. The van der Waals surface area contributed by atoms with Crippen molar-refractivity contribution in [2.24, 2.45) is 0 Å². The van der Waals surface area contributed by atoms with Crippen LogP contribution in [0.25, 0.3) is 10.9 Å². The fraction of sp³-hybridized carbons (Fsp3) is 0.381. The van der Waals surface area contributed by atoms with Crippen molar-refractivity contribution in [2.45, 2.75) is 36.9 Å². The van der Waals surface area contributed by atoms with E-state index in [1.165, 1.54) is 10.5 Å². The van der Waals surface area contributed by atoms with Crippen LogP contribution in [0, 0.1) is 0 Å². The van der Waals surface area contributed by atoms with Gasteiger partial charge in [-0.3, -0.25) is 0 Å². The quantitative estimate of drug-likeness (QED) is 0.688. The summed E-state index contributed by atoms with van der Waals surface area (Å²) in [5.41, 5.74) is 1.55. The second kappa shape index (κ2) is 6.09. The molecular weight excluding hydrogens is 358 g/mol. The van der Waals surface area contributed by atoms with Crippen LogP contribution in [0.1, 0.15) is 37.7 Å². The summed E-state index contributed by atoms with van der Waals surface area (Å²) in [7, 11) is -3.65. The summed E-state index contributed by atoms with van der Waals surface area (Å²) in [5, 5.41) is 5.59. The third kappa shape index (κ3) is 2.50. The lowest BCUT2D eigenvalue weighted by Gasteiger charge is -2.26. The van der Waals surface area contributed by atoms with Crippen molar-refractivity contribution in [3.8, 4) is 0 Å². The molecule has 1 saturated carbocycles. The van der Waals surface area contributed by atoms with Gasteiger partial charge >= 0.3 is 0 Å². The Bertz CT molecular complexity index is 1080. The SMILES string of the molecule is O=S(=O)(n1nc(N2CCCCC2)c2ccccc21)C1(c2ccccc2)CC1. The third-order valence-corrected chi connectivity index (χ3v) is 8.28. The lowest BCUT2D eigenvalue weighted by atomic mass is 10.1. The molecule has 0 amide bonds. The maximum Gasteiger partial charge on any atom is 0.264 e. The molecule has 2 fully saturated rings. The highest BCUT2D eigenvalue weighted by Crippen LogP contribution is 2.54. The minimum Gasteiger partial charge on any atom is -0.355 e. The summed E-state index contributed by atoms with van der Waals surface area (Å²) < 4.78 is 27.9. The molecule has 140 valence electrons. The molecule has 5 nitrogen and oxygen atoms in total. The molecule has 0 N–H and O–H groups in total. The Labute approximate surface area is 159 Å². The molecular formula is C21H23N3O2S. The van der Waals surface area contributed by atoms with E-state index < -0.39 is 14.8 Å². The van der Waals surface area contributed by atoms with E-state index in [1.807, 2.05) is 54.6 Å². The van der Waals surface area contributed by atoms with Crippen LogP contribution >= 0.6 is 0 Å². The maximum atomic E-state index is 13.7. The first-order valence-corrected chi connectivity index (χ1v) is 11.1. The van der Waals surface area contributed by atoms with Gasteiger partial charge in [0.05, 0.1) is 5.52 Å². The number of rotatable bonds is 4. The highest BCUT2D eigenvalue weighted by molar-refractivity contribution is 7.91. The molecule has 1 saturated heterocycles. The minimum atomic E-state index is -3.65. The summed E-state index contributed by atoms with van der Waals surface area (Å²) in [6.45, 7) is 1.87. The van der Waals surface area contributed by atoms with Gasteiger partial charge in [0.1, 0.15) is 4.75 Å². The molecule has 27 heavy (non-hydrogen) atoms. The van der Waals surface area contributed by atoms with Crippen molar-refractivity contribution < 1.29 is 8.42 Å². The lowest BCUT2D eigenvalue weighted by molar-refractivity contribution is 0.559. The van der Waals surface area contributed by atoms with E-state index in [0.29, 0.717) is 18.4 Å². The number of anilines is 1. The molecule has 0 unspecified atom stereocenters. The molecule has 0 bridgehead atoms. The number of para-hydroxylation sites is 1. The standard InChI is InChI=1S/C21H23N3O2S/c25-27(26,21(13-14-21)17-9-3-1-4-10-17)24-19-12-6-5-11-18(19)20(22-24)23-15-7-2-8-16-23/h1,3-6,9-12H,2,7-8,13-16H2. The molecule has 1 aromatic heterocycles. The summed E-state index contributed by atoms with van der Waals surface area (Å²) in [5.74, 6) is 0.803. The van der Waals surface area contributed by atoms with E-state index in [4.69, 9.17) is 0 Å². The van der Waals surface area contributed by atoms with Crippen LogP contribution in [0.15, 0.2) is 54.6 Å². The molecule has 1 aliphatic heterocycles. The normalized spacial score (nSPS) is 19.3. The van der Waals surface area contributed by atoms with Gasteiger partial charge in [0.25, 0.3) is 10.0 Å². The van der Waals surface area contributed by atoms with Gasteiger partial charge in [-0.15, -0.1) is 5.10 Å². The summed E-state index contributed by atoms with van der Waals surface area (Å²) in [6, 6.07) is 17.3. The number of piperidine rings is 1. The molecule has 0 atom stereocenters. The van der Waals surface area contributed by atoms with Gasteiger partial charge in [-0.2, -0.15) is 4.09 Å². The largest absolute Gasteiger partial charge is 0.355 e. The fourth-order valence-electron chi connectivity index (χ4n) is 4.26. The molecule has 0 radical (unpaired) electrons. The molecule has 3 aromatic rings. The van der Waals surface area contributed by atoms with Crippen LogP contribution in [0.4, 0.5) is 5.82 Å². The molecule has 2 heterocycles. The summed E-state index contributed by atoms with van der Waals surface area (Å²) in [4.78, 5) is 2.24. The Morgan fingerprint density at radius 3 is 2.22 bits per heavy atom. The minimum absolute atomic E-state index is 0.645. The van der Waals surface area contributed by atoms with Crippen LogP contribution in [-0.4, -0.2) is 30.7 Å². The topological polar surface area (TPSA) is 55.2 Å². The second-order valence-corrected chi connectivity index (χ2v) is 9.67. The number of benzene rings is 2. The first kappa shape index (κ1) is 16.8. The van der Waals surface area contributed by atoms with Crippen LogP contribution in [0.3, 0.4) is 0 Å². The van der Waals surface area contributed by atoms with Crippen LogP contribution in [0.2, 0.25) is 0 Å². The fourth-order valence-corrected chi connectivity index (χ4v) is 6.25. The van der Waals surface area contributed by atoms with Crippen molar-refractivity contribution in [1.29, 1.82) is 0 Å². The van der Waals surface area contributed by atoms with E-state index >= 15 is 0 Å². The van der Waals surface area contributed by atoms with Crippen molar-refractivity contribution in [2.75, 3.05) is 18.0 Å². The van der Waals surface area contributed by atoms with Gasteiger partial charge in [0, 0.05) is 18.5 Å². The molecule has 5 rings (SSSR count). The van der Waals surface area contributed by atoms with E-state index in [2.05, 4.69) is 10.00 Å². The summed E-state index contributed by atoms with van der Waals surface area (Å²) >= 11 is 0.